The summed E-state index contributed by atoms with van der Waals surface area (Å²) in [6, 6.07) is 21.4. The monoisotopic (exact) mass is 285 g/mol. The maximum absolute atomic E-state index is 4.30. The van der Waals surface area contributed by atoms with E-state index in [-0.39, 0.29) is 0 Å². The van der Waals surface area contributed by atoms with Gasteiger partial charge in [0.2, 0.25) is 0 Å². The third kappa shape index (κ3) is 5.40. The van der Waals surface area contributed by atoms with Crippen LogP contribution in [0.1, 0.15) is 24.0 Å². The fourth-order valence-electron chi connectivity index (χ4n) is 2.34. The molecule has 20 heavy (non-hydrogen) atoms. The number of hydrogen-bond acceptors (Lipinski definition) is 2. The van der Waals surface area contributed by atoms with Gasteiger partial charge in [0.05, 0.1) is 0 Å². The number of benzene rings is 2. The van der Waals surface area contributed by atoms with Gasteiger partial charge in [0, 0.05) is 13.1 Å². The van der Waals surface area contributed by atoms with E-state index in [1.54, 1.807) is 0 Å². The van der Waals surface area contributed by atoms with Crippen LogP contribution in [0.15, 0.2) is 60.7 Å². The van der Waals surface area contributed by atoms with Crippen molar-refractivity contribution in [3.05, 3.63) is 71.8 Å². The molecule has 0 spiro atoms. The summed E-state index contributed by atoms with van der Waals surface area (Å²) in [5, 5.41) is 0. The molecule has 0 aliphatic heterocycles. The van der Waals surface area contributed by atoms with Gasteiger partial charge in [0.25, 0.3) is 0 Å². The molecule has 0 fully saturated rings. The van der Waals surface area contributed by atoms with Crippen LogP contribution in [-0.2, 0) is 13.1 Å². The van der Waals surface area contributed by atoms with E-state index in [2.05, 4.69) is 78.2 Å². The highest BCUT2D eigenvalue weighted by Crippen LogP contribution is 2.11. The van der Waals surface area contributed by atoms with Gasteiger partial charge in [-0.1, -0.05) is 60.7 Å². The van der Waals surface area contributed by atoms with Crippen molar-refractivity contribution in [3.8, 4) is 0 Å². The first-order valence-corrected chi connectivity index (χ1v) is 7.93. The Hall–Kier alpha value is -1.25. The van der Waals surface area contributed by atoms with Crippen molar-refractivity contribution in [2.75, 3.05) is 12.3 Å². The molecule has 0 aromatic heterocycles. The molecule has 0 saturated carbocycles. The average molecular weight is 285 g/mol. The van der Waals surface area contributed by atoms with Gasteiger partial charge < -0.3 is 0 Å². The van der Waals surface area contributed by atoms with E-state index in [9.17, 15) is 0 Å². The molecule has 0 bridgehead atoms. The first-order valence-electron chi connectivity index (χ1n) is 7.29. The number of unbranched alkanes of at least 4 members (excludes halogenated alkanes) is 1. The highest BCUT2D eigenvalue weighted by atomic mass is 32.1. The molecule has 0 heterocycles. The van der Waals surface area contributed by atoms with Crippen LogP contribution in [-0.4, -0.2) is 17.2 Å². The number of nitrogens with zero attached hydrogens (tertiary/aromatic N) is 1. The molecule has 2 aromatic rings. The molecular formula is C18H23NS. The van der Waals surface area contributed by atoms with Crippen LogP contribution in [0.4, 0.5) is 0 Å². The highest BCUT2D eigenvalue weighted by molar-refractivity contribution is 7.80. The zero-order chi connectivity index (χ0) is 14.0. The zero-order valence-corrected chi connectivity index (χ0v) is 12.8. The van der Waals surface area contributed by atoms with Crippen LogP contribution < -0.4 is 0 Å². The van der Waals surface area contributed by atoms with Gasteiger partial charge in [-0.3, -0.25) is 4.90 Å². The zero-order valence-electron chi connectivity index (χ0n) is 11.9. The third-order valence-electron chi connectivity index (χ3n) is 3.38. The molecule has 0 atom stereocenters. The second kappa shape index (κ2) is 8.83. The second-order valence-corrected chi connectivity index (χ2v) is 5.56. The lowest BCUT2D eigenvalue weighted by Crippen LogP contribution is -2.24. The summed E-state index contributed by atoms with van der Waals surface area (Å²) >= 11 is 4.30. The van der Waals surface area contributed by atoms with Crippen molar-refractivity contribution in [1.82, 2.24) is 4.90 Å². The van der Waals surface area contributed by atoms with Crippen LogP contribution in [0, 0.1) is 0 Å². The average Bonchev–Trinajstić information content (AvgIpc) is 2.49. The van der Waals surface area contributed by atoms with E-state index in [1.807, 2.05) is 0 Å². The molecule has 0 radical (unpaired) electrons. The highest BCUT2D eigenvalue weighted by Gasteiger charge is 2.06. The Bertz CT molecular complexity index is 428. The van der Waals surface area contributed by atoms with Crippen LogP contribution in [0.5, 0.6) is 0 Å². The normalized spacial score (nSPS) is 10.9. The van der Waals surface area contributed by atoms with E-state index in [4.69, 9.17) is 0 Å². The Labute approximate surface area is 128 Å². The molecule has 2 aromatic carbocycles. The molecule has 2 heteroatoms. The smallest absolute Gasteiger partial charge is 0.0237 e. The molecular weight excluding hydrogens is 262 g/mol. The van der Waals surface area contributed by atoms with Crippen LogP contribution in [0.25, 0.3) is 0 Å². The summed E-state index contributed by atoms with van der Waals surface area (Å²) in [5.41, 5.74) is 2.77. The van der Waals surface area contributed by atoms with E-state index < -0.39 is 0 Å². The Balaban J connectivity index is 1.96. The van der Waals surface area contributed by atoms with Gasteiger partial charge in [-0.25, -0.2) is 0 Å². The summed E-state index contributed by atoms with van der Waals surface area (Å²) < 4.78 is 0. The van der Waals surface area contributed by atoms with Gasteiger partial charge in [0.15, 0.2) is 0 Å². The Kier molecular flexibility index (Phi) is 6.69. The van der Waals surface area contributed by atoms with Gasteiger partial charge in [0.1, 0.15) is 0 Å². The summed E-state index contributed by atoms with van der Waals surface area (Å²) in [6.45, 7) is 3.16. The first-order chi connectivity index (χ1) is 9.88. The van der Waals surface area contributed by atoms with Gasteiger partial charge in [-0.15, -0.1) is 0 Å². The Morgan fingerprint density at radius 2 is 1.20 bits per heavy atom. The fraction of sp³-hybridized carbons (Fsp3) is 0.333. The minimum Gasteiger partial charge on any atom is -0.295 e. The van der Waals surface area contributed by atoms with Crippen LogP contribution >= 0.6 is 12.6 Å². The van der Waals surface area contributed by atoms with Crippen molar-refractivity contribution >= 4 is 12.6 Å². The molecule has 0 aliphatic carbocycles. The fourth-order valence-corrected chi connectivity index (χ4v) is 2.57. The lowest BCUT2D eigenvalue weighted by Gasteiger charge is -2.22. The lowest BCUT2D eigenvalue weighted by molar-refractivity contribution is 0.253. The first kappa shape index (κ1) is 15.1. The topological polar surface area (TPSA) is 3.24 Å². The maximum Gasteiger partial charge on any atom is 0.0237 e. The van der Waals surface area contributed by atoms with Crippen molar-refractivity contribution in [1.29, 1.82) is 0 Å². The van der Waals surface area contributed by atoms with Crippen molar-refractivity contribution in [2.24, 2.45) is 0 Å². The second-order valence-electron chi connectivity index (χ2n) is 5.11. The van der Waals surface area contributed by atoms with Crippen molar-refractivity contribution in [2.45, 2.75) is 25.9 Å². The molecule has 106 valence electrons. The number of rotatable bonds is 8. The predicted octanol–water partition coefficient (Wildman–Crippen LogP) is 4.40. The lowest BCUT2D eigenvalue weighted by atomic mass is 10.1. The minimum atomic E-state index is 0.977. The van der Waals surface area contributed by atoms with Crippen LogP contribution in [0.2, 0.25) is 0 Å². The quantitative estimate of drug-likeness (QED) is 0.556. The molecule has 1 nitrogen and oxygen atoms in total. The number of hydrogen-bond donors (Lipinski definition) is 1. The summed E-state index contributed by atoms with van der Waals surface area (Å²) in [4.78, 5) is 2.52. The Morgan fingerprint density at radius 1 is 0.700 bits per heavy atom. The number of thiol groups is 1. The standard InChI is InChI=1S/C18H23NS/c20-14-8-7-13-19(15-17-9-3-1-4-10-17)16-18-11-5-2-6-12-18/h1-6,9-12,20H,7-8,13-16H2. The minimum absolute atomic E-state index is 0.977. The van der Waals surface area contributed by atoms with E-state index in [0.29, 0.717) is 0 Å². The molecule has 0 N–H and O–H groups in total. The molecule has 0 aliphatic rings. The SMILES string of the molecule is SCCCCN(Cc1ccccc1)Cc1ccccc1. The maximum atomic E-state index is 4.30. The van der Waals surface area contributed by atoms with Crippen molar-refractivity contribution < 1.29 is 0 Å². The van der Waals surface area contributed by atoms with Crippen LogP contribution in [0.3, 0.4) is 0 Å². The predicted molar refractivity (Wildman–Crippen MR) is 90.1 cm³/mol. The molecule has 0 unspecified atom stereocenters. The third-order valence-corrected chi connectivity index (χ3v) is 3.70. The van der Waals surface area contributed by atoms with Gasteiger partial charge in [-0.05, 0) is 36.3 Å². The largest absolute Gasteiger partial charge is 0.295 e. The molecule has 0 saturated heterocycles. The van der Waals surface area contributed by atoms with E-state index >= 15 is 0 Å². The molecule has 0 amide bonds. The Morgan fingerprint density at radius 3 is 1.65 bits per heavy atom. The van der Waals surface area contributed by atoms with E-state index in [1.165, 1.54) is 24.0 Å². The summed E-state index contributed by atoms with van der Waals surface area (Å²) in [7, 11) is 0. The summed E-state index contributed by atoms with van der Waals surface area (Å²) in [5.74, 6) is 0.977. The van der Waals surface area contributed by atoms with Gasteiger partial charge >= 0.3 is 0 Å². The van der Waals surface area contributed by atoms with E-state index in [0.717, 1.165) is 25.4 Å². The summed E-state index contributed by atoms with van der Waals surface area (Å²) in [6.07, 6.45) is 2.40. The molecule has 2 rings (SSSR count). The van der Waals surface area contributed by atoms with Gasteiger partial charge in [-0.2, -0.15) is 12.6 Å². The van der Waals surface area contributed by atoms with Crippen molar-refractivity contribution in [3.63, 3.8) is 0 Å².